The minimum Gasteiger partial charge on any atom is -0.354 e. The summed E-state index contributed by atoms with van der Waals surface area (Å²) in [5.41, 5.74) is 0. The van der Waals surface area contributed by atoms with Crippen molar-refractivity contribution in [1.29, 1.82) is 0 Å². The van der Waals surface area contributed by atoms with Gasteiger partial charge in [-0.2, -0.15) is 0 Å². The van der Waals surface area contributed by atoms with Crippen LogP contribution >= 0.6 is 0 Å². The van der Waals surface area contributed by atoms with Gasteiger partial charge in [-0.05, 0) is 44.9 Å². The van der Waals surface area contributed by atoms with Crippen LogP contribution in [-0.4, -0.2) is 19.0 Å². The summed E-state index contributed by atoms with van der Waals surface area (Å²) in [6.45, 7) is 3.97. The molecule has 2 heteroatoms. The predicted molar refractivity (Wildman–Crippen MR) is 55.9 cm³/mol. The van der Waals surface area contributed by atoms with E-state index in [2.05, 4.69) is 12.2 Å². The number of ether oxygens (including phenoxy) is 2. The summed E-state index contributed by atoms with van der Waals surface area (Å²) in [7, 11) is 1.70. The quantitative estimate of drug-likeness (QED) is 0.510. The molecule has 3 atom stereocenters. The van der Waals surface area contributed by atoms with E-state index in [1.54, 1.807) is 7.11 Å². The molecule has 1 saturated carbocycles. The van der Waals surface area contributed by atoms with E-state index in [9.17, 15) is 0 Å². The van der Waals surface area contributed by atoms with Crippen molar-refractivity contribution in [3.8, 4) is 0 Å². The van der Waals surface area contributed by atoms with E-state index in [4.69, 9.17) is 9.47 Å². The fourth-order valence-corrected chi connectivity index (χ4v) is 2.59. The van der Waals surface area contributed by atoms with Crippen LogP contribution < -0.4 is 0 Å². The molecule has 0 N–H and O–H groups in total. The van der Waals surface area contributed by atoms with Gasteiger partial charge in [0, 0.05) is 7.11 Å². The van der Waals surface area contributed by atoms with Crippen LogP contribution in [0, 0.1) is 11.8 Å². The lowest BCUT2D eigenvalue weighted by Gasteiger charge is -2.27. The van der Waals surface area contributed by atoms with Gasteiger partial charge in [0.2, 0.25) is 0 Å². The van der Waals surface area contributed by atoms with E-state index < -0.39 is 5.79 Å². The van der Waals surface area contributed by atoms with E-state index in [0.29, 0.717) is 6.10 Å². The molecule has 2 aliphatic carbocycles. The molecule has 0 amide bonds. The molecule has 2 nitrogen and oxygen atoms in total. The van der Waals surface area contributed by atoms with Crippen LogP contribution in [0.3, 0.4) is 0 Å². The molecule has 0 heterocycles. The first-order valence-electron chi connectivity index (χ1n) is 5.50. The Hall–Kier alpha value is -0.340. The molecule has 0 radical (unpaired) electrons. The van der Waals surface area contributed by atoms with E-state index >= 15 is 0 Å². The zero-order valence-electron chi connectivity index (χ0n) is 9.32. The van der Waals surface area contributed by atoms with Gasteiger partial charge < -0.3 is 9.47 Å². The molecule has 0 aromatic heterocycles. The van der Waals surface area contributed by atoms with E-state index in [-0.39, 0.29) is 0 Å². The van der Waals surface area contributed by atoms with Crippen molar-refractivity contribution in [2.45, 2.75) is 45.0 Å². The van der Waals surface area contributed by atoms with Crippen molar-refractivity contribution in [2.24, 2.45) is 11.8 Å². The monoisotopic (exact) mass is 196 g/mol. The number of fused-ring (bicyclic) bond motifs is 1. The molecule has 14 heavy (non-hydrogen) atoms. The Morgan fingerprint density at radius 1 is 1.29 bits per heavy atom. The van der Waals surface area contributed by atoms with Crippen LogP contribution in [0.5, 0.6) is 0 Å². The highest BCUT2D eigenvalue weighted by molar-refractivity contribution is 5.06. The number of hydrogen-bond acceptors (Lipinski definition) is 2. The van der Waals surface area contributed by atoms with Crippen LogP contribution in [0.4, 0.5) is 0 Å². The third-order valence-electron chi connectivity index (χ3n) is 3.47. The van der Waals surface area contributed by atoms with Crippen molar-refractivity contribution < 1.29 is 9.47 Å². The van der Waals surface area contributed by atoms with E-state index in [1.165, 1.54) is 19.3 Å². The summed E-state index contributed by atoms with van der Waals surface area (Å²) in [5, 5.41) is 0. The molecule has 2 rings (SSSR count). The minimum absolute atomic E-state index is 0.393. The molecule has 80 valence electrons. The second-order valence-corrected chi connectivity index (χ2v) is 4.90. The normalized spacial score (nSPS) is 36.4. The van der Waals surface area contributed by atoms with Crippen LogP contribution in [0.2, 0.25) is 0 Å². The molecular weight excluding hydrogens is 176 g/mol. The van der Waals surface area contributed by atoms with E-state index in [1.807, 2.05) is 13.8 Å². The van der Waals surface area contributed by atoms with Gasteiger partial charge in [0.05, 0.1) is 6.10 Å². The molecule has 0 spiro atoms. The second-order valence-electron chi connectivity index (χ2n) is 4.90. The Balaban J connectivity index is 1.87. The molecule has 0 saturated heterocycles. The third kappa shape index (κ3) is 2.01. The lowest BCUT2D eigenvalue weighted by atomic mass is 10.0. The molecule has 2 aliphatic rings. The molecule has 3 unspecified atom stereocenters. The van der Waals surface area contributed by atoms with Crippen LogP contribution in [0.25, 0.3) is 0 Å². The topological polar surface area (TPSA) is 18.5 Å². The number of methoxy groups -OCH3 is 1. The van der Waals surface area contributed by atoms with Crippen molar-refractivity contribution >= 4 is 0 Å². The average Bonchev–Trinajstić information content (AvgIpc) is 2.63. The molecule has 0 aromatic rings. The number of allylic oxidation sites excluding steroid dienone is 2. The highest BCUT2D eigenvalue weighted by Gasteiger charge is 2.37. The predicted octanol–water partition coefficient (Wildman–Crippen LogP) is 2.74. The first-order valence-corrected chi connectivity index (χ1v) is 5.50. The summed E-state index contributed by atoms with van der Waals surface area (Å²) in [6, 6.07) is 0. The van der Waals surface area contributed by atoms with Gasteiger partial charge in [-0.25, -0.2) is 0 Å². The van der Waals surface area contributed by atoms with Crippen molar-refractivity contribution in [3.63, 3.8) is 0 Å². The summed E-state index contributed by atoms with van der Waals surface area (Å²) >= 11 is 0. The Morgan fingerprint density at radius 2 is 2.07 bits per heavy atom. The van der Waals surface area contributed by atoms with Crippen molar-refractivity contribution in [1.82, 2.24) is 0 Å². The zero-order chi connectivity index (χ0) is 10.2. The summed E-state index contributed by atoms with van der Waals surface area (Å²) in [4.78, 5) is 0. The van der Waals surface area contributed by atoms with Gasteiger partial charge in [0.25, 0.3) is 0 Å². The van der Waals surface area contributed by atoms with Crippen molar-refractivity contribution in [2.75, 3.05) is 7.11 Å². The first-order chi connectivity index (χ1) is 6.61. The maximum absolute atomic E-state index is 5.93. The lowest BCUT2D eigenvalue weighted by molar-refractivity contribution is -0.222. The molecule has 0 bridgehead atoms. The third-order valence-corrected chi connectivity index (χ3v) is 3.47. The SMILES string of the molecule is COC(C)(C)OC1CC2C=CCC2C1. The largest absolute Gasteiger partial charge is 0.354 e. The van der Waals surface area contributed by atoms with Gasteiger partial charge in [-0.3, -0.25) is 0 Å². The standard InChI is InChI=1S/C12H20O2/c1-12(2,13-3)14-11-7-9-5-4-6-10(9)8-11/h4-5,9-11H,6-8H2,1-3H3. The van der Waals surface area contributed by atoms with Crippen LogP contribution in [0.15, 0.2) is 12.2 Å². The fourth-order valence-electron chi connectivity index (χ4n) is 2.59. The first kappa shape index (κ1) is 10.2. The maximum Gasteiger partial charge on any atom is 0.162 e. The maximum atomic E-state index is 5.93. The summed E-state index contributed by atoms with van der Waals surface area (Å²) in [6.07, 6.45) is 8.68. The Labute approximate surface area is 86.3 Å². The van der Waals surface area contributed by atoms with Gasteiger partial charge in [0.1, 0.15) is 0 Å². The summed E-state index contributed by atoms with van der Waals surface area (Å²) < 4.78 is 11.2. The van der Waals surface area contributed by atoms with Crippen molar-refractivity contribution in [3.05, 3.63) is 12.2 Å². The van der Waals surface area contributed by atoms with Crippen LogP contribution in [-0.2, 0) is 9.47 Å². The lowest BCUT2D eigenvalue weighted by Crippen LogP contribution is -2.31. The minimum atomic E-state index is -0.424. The molecule has 0 aliphatic heterocycles. The number of hydrogen-bond donors (Lipinski definition) is 0. The average molecular weight is 196 g/mol. The van der Waals surface area contributed by atoms with Gasteiger partial charge in [0.15, 0.2) is 5.79 Å². The van der Waals surface area contributed by atoms with Gasteiger partial charge in [-0.1, -0.05) is 12.2 Å². The second kappa shape index (κ2) is 3.67. The van der Waals surface area contributed by atoms with Crippen LogP contribution in [0.1, 0.15) is 33.1 Å². The Bertz CT molecular complexity index is 232. The van der Waals surface area contributed by atoms with Gasteiger partial charge in [-0.15, -0.1) is 0 Å². The number of rotatable bonds is 3. The van der Waals surface area contributed by atoms with E-state index in [0.717, 1.165) is 11.8 Å². The van der Waals surface area contributed by atoms with Gasteiger partial charge >= 0.3 is 0 Å². The Kier molecular flexibility index (Phi) is 2.67. The smallest absolute Gasteiger partial charge is 0.162 e. The highest BCUT2D eigenvalue weighted by Crippen LogP contribution is 2.42. The Morgan fingerprint density at radius 3 is 2.71 bits per heavy atom. The zero-order valence-corrected chi connectivity index (χ0v) is 9.32. The molecule has 0 aromatic carbocycles. The fraction of sp³-hybridized carbons (Fsp3) is 0.833. The highest BCUT2D eigenvalue weighted by atomic mass is 16.7. The summed E-state index contributed by atoms with van der Waals surface area (Å²) in [5.74, 6) is 1.19. The molecular formula is C12H20O2. The molecule has 1 fully saturated rings.